The summed E-state index contributed by atoms with van der Waals surface area (Å²) in [7, 11) is 8.63. The minimum absolute atomic E-state index is 1.15. The van der Waals surface area contributed by atoms with Crippen LogP contribution in [0, 0.1) is 0 Å². The van der Waals surface area contributed by atoms with E-state index in [0.29, 0.717) is 0 Å². The summed E-state index contributed by atoms with van der Waals surface area (Å²) >= 11 is 0. The Morgan fingerprint density at radius 2 is 0.762 bits per heavy atom. The van der Waals surface area contributed by atoms with Gasteiger partial charge in [-0.05, 0) is 184 Å². The quantitative estimate of drug-likeness (QED) is 0.0966. The third-order valence-corrected chi connectivity index (χ3v) is 8.83. The highest BCUT2D eigenvalue weighted by Crippen LogP contribution is 2.06. The Labute approximate surface area is 263 Å². The van der Waals surface area contributed by atoms with Crippen LogP contribution in [-0.2, 0) is 0 Å². The summed E-state index contributed by atoms with van der Waals surface area (Å²) in [5, 5.41) is 6.39. The molecule has 0 atom stereocenters. The van der Waals surface area contributed by atoms with Gasteiger partial charge in [-0.1, -0.05) is 13.8 Å². The molecule has 0 bridgehead atoms. The molecule has 2 heterocycles. The van der Waals surface area contributed by atoms with Gasteiger partial charge in [0.25, 0.3) is 0 Å². The number of unbranched alkanes of at least 4 members (excludes halogenated alkanes) is 4. The highest BCUT2D eigenvalue weighted by molar-refractivity contribution is 4.73. The van der Waals surface area contributed by atoms with E-state index in [-0.39, 0.29) is 0 Å². The standard InChI is InChI=1S/C22H47N5.C12H29N3/c1-4-25(15-7-5-11-23(2)13-9-17-26-19-20-26)16-8-6-12-24(3)14-10-18-27-21-22-27;1-4-15(11-7-5-9-13-2)12-8-6-10-14-3/h4-22H2,1-3H3;13-14H,4-12H2,1-3H3. The molecule has 0 amide bonds. The van der Waals surface area contributed by atoms with Crippen LogP contribution in [0.25, 0.3) is 0 Å². The maximum Gasteiger partial charge on any atom is 0.0110 e. The molecular weight excluding hydrogens is 520 g/mol. The van der Waals surface area contributed by atoms with Gasteiger partial charge in [-0.3, -0.25) is 0 Å². The summed E-state index contributed by atoms with van der Waals surface area (Å²) in [5.41, 5.74) is 0. The lowest BCUT2D eigenvalue weighted by Gasteiger charge is -2.22. The molecular formula is C34H76N8. The van der Waals surface area contributed by atoms with Crippen LogP contribution in [0.1, 0.15) is 78.1 Å². The van der Waals surface area contributed by atoms with E-state index in [1.54, 1.807) is 0 Å². The van der Waals surface area contributed by atoms with Gasteiger partial charge in [0.15, 0.2) is 0 Å². The molecule has 8 nitrogen and oxygen atoms in total. The van der Waals surface area contributed by atoms with Crippen molar-refractivity contribution in [1.82, 2.24) is 40.0 Å². The summed E-state index contributed by atoms with van der Waals surface area (Å²) in [6.45, 7) is 27.4. The summed E-state index contributed by atoms with van der Waals surface area (Å²) in [5.74, 6) is 0. The molecule has 0 spiro atoms. The number of hydrogen-bond acceptors (Lipinski definition) is 8. The Hall–Kier alpha value is -0.320. The van der Waals surface area contributed by atoms with Crippen LogP contribution in [-0.4, -0.2) is 175 Å². The van der Waals surface area contributed by atoms with Gasteiger partial charge in [0.05, 0.1) is 0 Å². The van der Waals surface area contributed by atoms with Crippen LogP contribution in [0.3, 0.4) is 0 Å². The fourth-order valence-corrected chi connectivity index (χ4v) is 5.51. The maximum atomic E-state index is 3.19. The van der Waals surface area contributed by atoms with E-state index in [0.717, 1.165) is 13.1 Å². The first-order valence-electron chi connectivity index (χ1n) is 18.1. The summed E-state index contributed by atoms with van der Waals surface area (Å²) in [6, 6.07) is 0. The molecule has 252 valence electrons. The molecule has 0 aromatic rings. The van der Waals surface area contributed by atoms with Gasteiger partial charge in [0.2, 0.25) is 0 Å². The molecule has 2 rings (SSSR count). The molecule has 0 aliphatic carbocycles. The van der Waals surface area contributed by atoms with Crippen LogP contribution in [0.4, 0.5) is 0 Å². The molecule has 2 N–H and O–H groups in total. The van der Waals surface area contributed by atoms with Gasteiger partial charge in [-0.25, -0.2) is 0 Å². The van der Waals surface area contributed by atoms with Crippen molar-refractivity contribution in [3.05, 3.63) is 0 Å². The summed E-state index contributed by atoms with van der Waals surface area (Å²) in [6.07, 6.45) is 13.3. The average molecular weight is 597 g/mol. The fourth-order valence-electron chi connectivity index (χ4n) is 5.51. The van der Waals surface area contributed by atoms with E-state index in [1.807, 2.05) is 14.1 Å². The van der Waals surface area contributed by atoms with Gasteiger partial charge in [0, 0.05) is 26.2 Å². The lowest BCUT2D eigenvalue weighted by molar-refractivity contribution is 0.250. The van der Waals surface area contributed by atoms with Crippen LogP contribution in [0.15, 0.2) is 0 Å². The van der Waals surface area contributed by atoms with Crippen LogP contribution in [0.5, 0.6) is 0 Å². The largest absolute Gasteiger partial charge is 0.320 e. The monoisotopic (exact) mass is 597 g/mol. The van der Waals surface area contributed by atoms with Crippen molar-refractivity contribution >= 4 is 0 Å². The molecule has 2 saturated heterocycles. The van der Waals surface area contributed by atoms with Gasteiger partial charge in [-0.15, -0.1) is 0 Å². The van der Waals surface area contributed by atoms with Crippen molar-refractivity contribution in [2.24, 2.45) is 0 Å². The fraction of sp³-hybridized carbons (Fsp3) is 1.00. The maximum absolute atomic E-state index is 3.19. The van der Waals surface area contributed by atoms with Crippen molar-refractivity contribution in [2.45, 2.75) is 78.1 Å². The van der Waals surface area contributed by atoms with Gasteiger partial charge < -0.3 is 40.0 Å². The van der Waals surface area contributed by atoms with E-state index < -0.39 is 0 Å². The van der Waals surface area contributed by atoms with Crippen molar-refractivity contribution < 1.29 is 0 Å². The minimum atomic E-state index is 1.15. The van der Waals surface area contributed by atoms with Crippen molar-refractivity contribution in [3.8, 4) is 0 Å². The average Bonchev–Trinajstić information content (AvgIpc) is 3.93. The highest BCUT2D eigenvalue weighted by Gasteiger charge is 2.16. The minimum Gasteiger partial charge on any atom is -0.320 e. The Kier molecular flexibility index (Phi) is 26.6. The second kappa shape index (κ2) is 28.2. The number of hydrogen-bond donors (Lipinski definition) is 2. The summed E-state index contributed by atoms with van der Waals surface area (Å²) < 4.78 is 0. The van der Waals surface area contributed by atoms with E-state index in [4.69, 9.17) is 0 Å². The van der Waals surface area contributed by atoms with E-state index in [9.17, 15) is 0 Å². The van der Waals surface area contributed by atoms with Gasteiger partial charge in [0.1, 0.15) is 0 Å². The number of rotatable bonds is 30. The predicted molar refractivity (Wildman–Crippen MR) is 186 cm³/mol. The lowest BCUT2D eigenvalue weighted by Crippen LogP contribution is -2.28. The lowest BCUT2D eigenvalue weighted by atomic mass is 10.2. The van der Waals surface area contributed by atoms with Gasteiger partial charge >= 0.3 is 0 Å². The molecule has 2 fully saturated rings. The zero-order chi connectivity index (χ0) is 30.7. The Bertz CT molecular complexity index is 514. The van der Waals surface area contributed by atoms with Crippen molar-refractivity contribution in [1.29, 1.82) is 0 Å². The highest BCUT2D eigenvalue weighted by atomic mass is 15.3. The first-order chi connectivity index (χ1) is 20.5. The molecule has 2 aliphatic rings. The topological polar surface area (TPSA) is 43.0 Å². The molecule has 0 radical (unpaired) electrons. The van der Waals surface area contributed by atoms with E-state index in [2.05, 4.69) is 68.0 Å². The Balaban J connectivity index is 0.000000501. The predicted octanol–water partition coefficient (Wildman–Crippen LogP) is 3.45. The SMILES string of the molecule is CCN(CCCCN(C)CCCN1CC1)CCCCN(C)CCCN1CC1.CCN(CCCCNC)CCCCNC. The zero-order valence-corrected chi connectivity index (χ0v) is 29.5. The van der Waals surface area contributed by atoms with Crippen LogP contribution in [0.2, 0.25) is 0 Å². The normalized spacial score (nSPS) is 15.3. The first kappa shape index (κ1) is 39.7. The van der Waals surface area contributed by atoms with Crippen molar-refractivity contribution in [2.75, 3.05) is 146 Å². The third kappa shape index (κ3) is 26.1. The van der Waals surface area contributed by atoms with E-state index >= 15 is 0 Å². The van der Waals surface area contributed by atoms with Crippen molar-refractivity contribution in [3.63, 3.8) is 0 Å². The summed E-state index contributed by atoms with van der Waals surface area (Å²) in [4.78, 5) is 15.3. The first-order valence-corrected chi connectivity index (χ1v) is 18.1. The molecule has 0 unspecified atom stereocenters. The van der Waals surface area contributed by atoms with Crippen LogP contribution < -0.4 is 10.6 Å². The molecule has 0 saturated carbocycles. The van der Waals surface area contributed by atoms with Crippen LogP contribution >= 0.6 is 0 Å². The number of nitrogens with one attached hydrogen (secondary N) is 2. The smallest absolute Gasteiger partial charge is 0.0110 e. The molecule has 42 heavy (non-hydrogen) atoms. The molecule has 0 aromatic heterocycles. The third-order valence-electron chi connectivity index (χ3n) is 8.83. The zero-order valence-electron chi connectivity index (χ0n) is 29.5. The second-order valence-electron chi connectivity index (χ2n) is 12.9. The Morgan fingerprint density at radius 3 is 1.07 bits per heavy atom. The van der Waals surface area contributed by atoms with Gasteiger partial charge in [-0.2, -0.15) is 0 Å². The molecule has 0 aromatic carbocycles. The number of nitrogens with zero attached hydrogens (tertiary/aromatic N) is 6. The second-order valence-corrected chi connectivity index (χ2v) is 12.9. The Morgan fingerprint density at radius 1 is 0.452 bits per heavy atom. The molecule has 8 heteroatoms. The molecule has 2 aliphatic heterocycles. The van der Waals surface area contributed by atoms with E-state index in [1.165, 1.54) is 169 Å².